The molecule has 0 spiro atoms. The lowest BCUT2D eigenvalue weighted by molar-refractivity contribution is 0.328. The third kappa shape index (κ3) is 2.78. The van der Waals surface area contributed by atoms with Gasteiger partial charge in [-0.25, -0.2) is 17.7 Å². The monoisotopic (exact) mass is 294 g/mol. The summed E-state index contributed by atoms with van der Waals surface area (Å²) >= 11 is 0. The van der Waals surface area contributed by atoms with Gasteiger partial charge in [0.05, 0.1) is 17.3 Å². The fraction of sp³-hybridized carbons (Fsp3) is 0.462. The first-order valence-corrected chi connectivity index (χ1v) is 8.53. The van der Waals surface area contributed by atoms with Gasteiger partial charge in [0.1, 0.15) is 0 Å². The number of rotatable bonds is 3. The van der Waals surface area contributed by atoms with Crippen LogP contribution in [0.25, 0.3) is 11.0 Å². The van der Waals surface area contributed by atoms with Gasteiger partial charge in [-0.1, -0.05) is 12.1 Å². The molecule has 1 unspecified atom stereocenters. The lowest BCUT2D eigenvalue weighted by atomic mass is 10.1. The molecule has 1 atom stereocenters. The summed E-state index contributed by atoms with van der Waals surface area (Å²) in [5, 5.41) is 3.30. The van der Waals surface area contributed by atoms with E-state index in [0.29, 0.717) is 19.0 Å². The standard InChI is InChI=1S/C13H18N4O2S/c1-20(18,19)17-8-4-5-10(9-17)14-13-15-11-6-2-3-7-12(11)16-13/h2-3,6-7,10H,4-5,8-9H2,1H3,(H2,14,15,16). The van der Waals surface area contributed by atoms with Gasteiger partial charge in [-0.15, -0.1) is 0 Å². The number of nitrogens with one attached hydrogen (secondary N) is 2. The Morgan fingerprint density at radius 1 is 1.40 bits per heavy atom. The predicted molar refractivity (Wildman–Crippen MR) is 79.2 cm³/mol. The highest BCUT2D eigenvalue weighted by Crippen LogP contribution is 2.18. The fourth-order valence-electron chi connectivity index (χ4n) is 2.58. The molecule has 1 aromatic heterocycles. The van der Waals surface area contributed by atoms with Crippen LogP contribution in [0, 0.1) is 0 Å². The van der Waals surface area contributed by atoms with Gasteiger partial charge in [0.25, 0.3) is 0 Å². The molecule has 20 heavy (non-hydrogen) atoms. The Kier molecular flexibility index (Phi) is 3.39. The Balaban J connectivity index is 1.74. The maximum atomic E-state index is 11.6. The summed E-state index contributed by atoms with van der Waals surface area (Å²) in [5.41, 5.74) is 1.89. The van der Waals surface area contributed by atoms with E-state index in [0.717, 1.165) is 23.9 Å². The molecule has 3 rings (SSSR count). The first-order valence-electron chi connectivity index (χ1n) is 6.69. The largest absolute Gasteiger partial charge is 0.352 e. The number of anilines is 1. The smallest absolute Gasteiger partial charge is 0.211 e. The van der Waals surface area contributed by atoms with Crippen molar-refractivity contribution in [3.63, 3.8) is 0 Å². The fourth-order valence-corrected chi connectivity index (χ4v) is 3.49. The molecule has 0 radical (unpaired) electrons. The molecular weight excluding hydrogens is 276 g/mol. The van der Waals surface area contributed by atoms with E-state index < -0.39 is 10.0 Å². The molecule has 108 valence electrons. The summed E-state index contributed by atoms with van der Waals surface area (Å²) in [7, 11) is -3.11. The van der Waals surface area contributed by atoms with Crippen molar-refractivity contribution in [3.05, 3.63) is 24.3 Å². The van der Waals surface area contributed by atoms with Crippen molar-refractivity contribution in [2.45, 2.75) is 18.9 Å². The summed E-state index contributed by atoms with van der Waals surface area (Å²) in [6.07, 6.45) is 3.07. The van der Waals surface area contributed by atoms with Crippen LogP contribution in [0.4, 0.5) is 5.95 Å². The maximum Gasteiger partial charge on any atom is 0.211 e. The van der Waals surface area contributed by atoms with E-state index in [2.05, 4.69) is 15.3 Å². The number of imidazole rings is 1. The molecule has 1 saturated heterocycles. The zero-order valence-corrected chi connectivity index (χ0v) is 12.2. The van der Waals surface area contributed by atoms with Crippen molar-refractivity contribution in [2.24, 2.45) is 0 Å². The van der Waals surface area contributed by atoms with Gasteiger partial charge in [-0.05, 0) is 25.0 Å². The summed E-state index contributed by atoms with van der Waals surface area (Å²) in [6.45, 7) is 1.10. The molecule has 0 aliphatic carbocycles. The summed E-state index contributed by atoms with van der Waals surface area (Å²) in [6, 6.07) is 7.91. The molecule has 7 heteroatoms. The molecule has 2 aromatic rings. The van der Waals surface area contributed by atoms with Crippen LogP contribution in [-0.2, 0) is 10.0 Å². The normalized spacial score (nSPS) is 21.1. The van der Waals surface area contributed by atoms with Crippen LogP contribution in [0.5, 0.6) is 0 Å². The molecule has 1 aliphatic heterocycles. The Bertz CT molecular complexity index is 677. The SMILES string of the molecule is CS(=O)(=O)N1CCCC(Nc2nc3ccccc3[nH]2)C1. The average Bonchev–Trinajstić information content (AvgIpc) is 2.80. The topological polar surface area (TPSA) is 78.1 Å². The highest BCUT2D eigenvalue weighted by Gasteiger charge is 2.26. The number of nitrogens with zero attached hydrogens (tertiary/aromatic N) is 2. The van der Waals surface area contributed by atoms with E-state index in [1.54, 1.807) is 0 Å². The molecule has 0 amide bonds. The van der Waals surface area contributed by atoms with Crippen LogP contribution >= 0.6 is 0 Å². The second kappa shape index (κ2) is 5.06. The summed E-state index contributed by atoms with van der Waals surface area (Å²) < 4.78 is 24.7. The second-order valence-corrected chi connectivity index (χ2v) is 7.19. The van der Waals surface area contributed by atoms with Crippen LogP contribution < -0.4 is 5.32 Å². The first-order chi connectivity index (χ1) is 9.52. The number of aromatic nitrogens is 2. The molecule has 6 nitrogen and oxygen atoms in total. The van der Waals surface area contributed by atoms with Crippen molar-refractivity contribution in [1.82, 2.24) is 14.3 Å². The zero-order valence-electron chi connectivity index (χ0n) is 11.3. The zero-order chi connectivity index (χ0) is 14.2. The third-order valence-electron chi connectivity index (χ3n) is 3.58. The lowest BCUT2D eigenvalue weighted by Crippen LogP contribution is -2.44. The number of sulfonamides is 1. The predicted octanol–water partition coefficient (Wildman–Crippen LogP) is 1.40. The third-order valence-corrected chi connectivity index (χ3v) is 4.85. The lowest BCUT2D eigenvalue weighted by Gasteiger charge is -2.31. The van der Waals surface area contributed by atoms with Gasteiger partial charge < -0.3 is 10.3 Å². The average molecular weight is 294 g/mol. The molecule has 1 aliphatic rings. The van der Waals surface area contributed by atoms with Crippen LogP contribution in [0.2, 0.25) is 0 Å². The van der Waals surface area contributed by atoms with E-state index in [4.69, 9.17) is 0 Å². The van der Waals surface area contributed by atoms with Gasteiger partial charge >= 0.3 is 0 Å². The minimum absolute atomic E-state index is 0.0963. The number of hydrogen-bond donors (Lipinski definition) is 2. The summed E-state index contributed by atoms with van der Waals surface area (Å²) in [5.74, 6) is 0.701. The van der Waals surface area contributed by atoms with Crippen LogP contribution in [-0.4, -0.2) is 48.1 Å². The van der Waals surface area contributed by atoms with Crippen LogP contribution in [0.15, 0.2) is 24.3 Å². The number of hydrogen-bond acceptors (Lipinski definition) is 4. The minimum atomic E-state index is -3.11. The molecule has 2 heterocycles. The van der Waals surface area contributed by atoms with Crippen LogP contribution in [0.3, 0.4) is 0 Å². The molecule has 2 N–H and O–H groups in total. The number of aromatic amines is 1. The number of benzene rings is 1. The highest BCUT2D eigenvalue weighted by atomic mass is 32.2. The van der Waals surface area contributed by atoms with Crippen molar-refractivity contribution >= 4 is 27.0 Å². The quantitative estimate of drug-likeness (QED) is 0.897. The molecule has 0 saturated carbocycles. The number of piperidine rings is 1. The Morgan fingerprint density at radius 3 is 2.95 bits per heavy atom. The number of H-pyrrole nitrogens is 1. The van der Waals surface area contributed by atoms with Gasteiger partial charge in [-0.3, -0.25) is 0 Å². The van der Waals surface area contributed by atoms with Gasteiger partial charge in [0.15, 0.2) is 0 Å². The number of fused-ring (bicyclic) bond motifs is 1. The second-order valence-electron chi connectivity index (χ2n) is 5.21. The van der Waals surface area contributed by atoms with Gasteiger partial charge in [0, 0.05) is 19.1 Å². The first kappa shape index (κ1) is 13.4. The van der Waals surface area contributed by atoms with E-state index in [9.17, 15) is 8.42 Å². The van der Waals surface area contributed by atoms with Crippen molar-refractivity contribution in [1.29, 1.82) is 0 Å². The van der Waals surface area contributed by atoms with E-state index in [1.807, 2.05) is 24.3 Å². The van der Waals surface area contributed by atoms with E-state index >= 15 is 0 Å². The van der Waals surface area contributed by atoms with Gasteiger partial charge in [0.2, 0.25) is 16.0 Å². The van der Waals surface area contributed by atoms with E-state index in [-0.39, 0.29) is 6.04 Å². The van der Waals surface area contributed by atoms with Crippen molar-refractivity contribution < 1.29 is 8.42 Å². The Morgan fingerprint density at radius 2 is 2.20 bits per heavy atom. The van der Waals surface area contributed by atoms with E-state index in [1.165, 1.54) is 10.6 Å². The van der Waals surface area contributed by atoms with Crippen molar-refractivity contribution in [3.8, 4) is 0 Å². The van der Waals surface area contributed by atoms with Gasteiger partial charge in [-0.2, -0.15) is 0 Å². The van der Waals surface area contributed by atoms with Crippen LogP contribution in [0.1, 0.15) is 12.8 Å². The molecule has 1 fully saturated rings. The highest BCUT2D eigenvalue weighted by molar-refractivity contribution is 7.88. The Labute approximate surface area is 118 Å². The molecule has 0 bridgehead atoms. The Hall–Kier alpha value is -1.60. The minimum Gasteiger partial charge on any atom is -0.352 e. The maximum absolute atomic E-state index is 11.6. The summed E-state index contributed by atoms with van der Waals surface area (Å²) in [4.78, 5) is 7.67. The number of para-hydroxylation sites is 2. The van der Waals surface area contributed by atoms with Crippen molar-refractivity contribution in [2.75, 3.05) is 24.7 Å². The molecular formula is C13H18N4O2S. The molecule has 1 aromatic carbocycles.